The fraction of sp³-hybridized carbons (Fsp3) is 0.600. The van der Waals surface area contributed by atoms with Crippen LogP contribution in [-0.2, 0) is 14.2 Å². The smallest absolute Gasteiger partial charge is 0.165 e. The predicted molar refractivity (Wildman–Crippen MR) is 75.1 cm³/mol. The zero-order chi connectivity index (χ0) is 13.5. The summed E-state index contributed by atoms with van der Waals surface area (Å²) in [7, 11) is 0. The highest BCUT2D eigenvalue weighted by Gasteiger charge is 2.08. The molecule has 0 saturated heterocycles. The molecule has 0 fully saturated rings. The molecule has 0 spiro atoms. The van der Waals surface area contributed by atoms with Crippen molar-refractivity contribution in [3.8, 4) is 0 Å². The Morgan fingerprint density at radius 3 is 1.61 bits per heavy atom. The first-order chi connectivity index (χ1) is 8.85. The number of allylic oxidation sites excluding steroid dienone is 3. The van der Waals surface area contributed by atoms with Gasteiger partial charge in [0.15, 0.2) is 6.10 Å². The van der Waals surface area contributed by atoms with Crippen LogP contribution in [0, 0.1) is 0 Å². The van der Waals surface area contributed by atoms with Gasteiger partial charge in [0, 0.05) is 0 Å². The third kappa shape index (κ3) is 11.1. The second-order valence-electron chi connectivity index (χ2n) is 3.76. The molecule has 0 saturated carbocycles. The lowest BCUT2D eigenvalue weighted by Crippen LogP contribution is -2.22. The highest BCUT2D eigenvalue weighted by Crippen LogP contribution is 1.99. The van der Waals surface area contributed by atoms with Gasteiger partial charge in [0.05, 0.1) is 18.8 Å². The van der Waals surface area contributed by atoms with Crippen LogP contribution in [0.3, 0.4) is 0 Å². The summed E-state index contributed by atoms with van der Waals surface area (Å²) >= 11 is 0. The molecule has 0 aliphatic rings. The van der Waals surface area contributed by atoms with E-state index in [1.165, 1.54) is 0 Å². The molecule has 0 aliphatic heterocycles. The van der Waals surface area contributed by atoms with Gasteiger partial charge in [-0.3, -0.25) is 0 Å². The van der Waals surface area contributed by atoms with E-state index in [4.69, 9.17) is 14.2 Å². The van der Waals surface area contributed by atoms with E-state index < -0.39 is 0 Å². The lowest BCUT2D eigenvalue weighted by Gasteiger charge is -2.15. The largest absolute Gasteiger partial charge is 0.498 e. The van der Waals surface area contributed by atoms with Gasteiger partial charge >= 0.3 is 0 Å². The molecule has 0 heterocycles. The summed E-state index contributed by atoms with van der Waals surface area (Å²) in [5.74, 6) is 0. The van der Waals surface area contributed by atoms with Gasteiger partial charge in [0.25, 0.3) is 0 Å². The van der Waals surface area contributed by atoms with Crippen molar-refractivity contribution in [2.75, 3.05) is 13.2 Å². The summed E-state index contributed by atoms with van der Waals surface area (Å²) in [5, 5.41) is 0. The van der Waals surface area contributed by atoms with Gasteiger partial charge < -0.3 is 14.2 Å². The van der Waals surface area contributed by atoms with Gasteiger partial charge in [0.1, 0.15) is 13.2 Å². The zero-order valence-corrected chi connectivity index (χ0v) is 11.8. The van der Waals surface area contributed by atoms with Gasteiger partial charge in [-0.15, -0.1) is 0 Å². The van der Waals surface area contributed by atoms with Gasteiger partial charge in [-0.1, -0.05) is 39.0 Å². The van der Waals surface area contributed by atoms with Crippen LogP contribution in [0.2, 0.25) is 0 Å². The zero-order valence-electron chi connectivity index (χ0n) is 11.8. The minimum absolute atomic E-state index is 0.0872. The van der Waals surface area contributed by atoms with Crippen LogP contribution in [-0.4, -0.2) is 19.3 Å². The van der Waals surface area contributed by atoms with Crippen LogP contribution in [0.25, 0.3) is 0 Å². The highest BCUT2D eigenvalue weighted by atomic mass is 16.6. The molecule has 0 aromatic rings. The number of rotatable bonds is 11. The normalized spacial score (nSPS) is 13.5. The maximum atomic E-state index is 5.54. The molecule has 0 aromatic heterocycles. The van der Waals surface area contributed by atoms with Gasteiger partial charge in [-0.25, -0.2) is 0 Å². The number of hydrogen-bond donors (Lipinski definition) is 0. The molecule has 0 radical (unpaired) electrons. The first-order valence-corrected chi connectivity index (χ1v) is 6.68. The SMILES string of the molecule is CCC=COCC(COC=CCC)OC=CCC. The summed E-state index contributed by atoms with van der Waals surface area (Å²) in [6.45, 7) is 7.18. The van der Waals surface area contributed by atoms with E-state index in [2.05, 4.69) is 20.8 Å². The Labute approximate surface area is 111 Å². The second kappa shape index (κ2) is 13.7. The van der Waals surface area contributed by atoms with E-state index in [1.807, 2.05) is 18.2 Å². The summed E-state index contributed by atoms with van der Waals surface area (Å²) in [4.78, 5) is 0. The van der Waals surface area contributed by atoms with Crippen molar-refractivity contribution in [2.45, 2.75) is 46.1 Å². The molecule has 104 valence electrons. The van der Waals surface area contributed by atoms with Gasteiger partial charge in [-0.2, -0.15) is 0 Å². The van der Waals surface area contributed by atoms with Crippen molar-refractivity contribution in [1.29, 1.82) is 0 Å². The second-order valence-corrected chi connectivity index (χ2v) is 3.76. The Hall–Kier alpha value is -1.38. The molecule has 18 heavy (non-hydrogen) atoms. The Morgan fingerprint density at radius 1 is 0.722 bits per heavy atom. The molecule has 0 aliphatic carbocycles. The third-order valence-corrected chi connectivity index (χ3v) is 2.02. The summed E-state index contributed by atoms with van der Waals surface area (Å²) < 4.78 is 16.3. The van der Waals surface area contributed by atoms with Gasteiger partial charge in [0.2, 0.25) is 0 Å². The quantitative estimate of drug-likeness (QED) is 0.518. The van der Waals surface area contributed by atoms with Crippen LogP contribution in [0.5, 0.6) is 0 Å². The average molecular weight is 254 g/mol. The molecule has 3 nitrogen and oxygen atoms in total. The maximum Gasteiger partial charge on any atom is 0.165 e. The molecule has 0 amide bonds. The van der Waals surface area contributed by atoms with Crippen molar-refractivity contribution in [3.63, 3.8) is 0 Å². The molecule has 0 N–H and O–H groups in total. The lowest BCUT2D eigenvalue weighted by atomic mass is 10.4. The van der Waals surface area contributed by atoms with Crippen molar-refractivity contribution >= 4 is 0 Å². The predicted octanol–water partition coefficient (Wildman–Crippen LogP) is 4.18. The third-order valence-electron chi connectivity index (χ3n) is 2.02. The summed E-state index contributed by atoms with van der Waals surface area (Å²) in [6, 6.07) is 0. The molecule has 0 bridgehead atoms. The Bertz CT molecular complexity index is 226. The van der Waals surface area contributed by atoms with E-state index in [-0.39, 0.29) is 6.10 Å². The first kappa shape index (κ1) is 16.6. The van der Waals surface area contributed by atoms with Crippen LogP contribution >= 0.6 is 0 Å². The minimum Gasteiger partial charge on any atom is -0.498 e. The van der Waals surface area contributed by atoms with E-state index in [0.717, 1.165) is 19.3 Å². The fourth-order valence-electron chi connectivity index (χ4n) is 1.04. The molecule has 0 unspecified atom stereocenters. The van der Waals surface area contributed by atoms with Crippen LogP contribution in [0.1, 0.15) is 40.0 Å². The molecule has 0 atom stereocenters. The average Bonchev–Trinajstić information content (AvgIpc) is 2.39. The van der Waals surface area contributed by atoms with Crippen molar-refractivity contribution in [1.82, 2.24) is 0 Å². The Morgan fingerprint density at radius 2 is 1.17 bits per heavy atom. The van der Waals surface area contributed by atoms with E-state index in [1.54, 1.807) is 18.8 Å². The fourth-order valence-corrected chi connectivity index (χ4v) is 1.04. The minimum atomic E-state index is -0.0872. The van der Waals surface area contributed by atoms with E-state index in [9.17, 15) is 0 Å². The molecular formula is C15H26O3. The highest BCUT2D eigenvalue weighted by molar-refractivity contribution is 4.76. The lowest BCUT2D eigenvalue weighted by molar-refractivity contribution is 0.0206. The summed E-state index contributed by atoms with van der Waals surface area (Å²) in [5.41, 5.74) is 0. The topological polar surface area (TPSA) is 27.7 Å². The van der Waals surface area contributed by atoms with E-state index in [0.29, 0.717) is 13.2 Å². The van der Waals surface area contributed by atoms with E-state index >= 15 is 0 Å². The van der Waals surface area contributed by atoms with Crippen molar-refractivity contribution in [2.24, 2.45) is 0 Å². The Kier molecular flexibility index (Phi) is 12.6. The first-order valence-electron chi connectivity index (χ1n) is 6.68. The number of hydrogen-bond acceptors (Lipinski definition) is 3. The standard InChI is InChI=1S/C15H26O3/c1-4-7-10-16-13-15(18-12-9-6-3)14-17-11-8-5-2/h7-12,15H,4-6,13-14H2,1-3H3. The molecular weight excluding hydrogens is 228 g/mol. The van der Waals surface area contributed by atoms with Crippen molar-refractivity contribution < 1.29 is 14.2 Å². The van der Waals surface area contributed by atoms with Crippen LogP contribution in [0.15, 0.2) is 37.0 Å². The Balaban J connectivity index is 3.94. The van der Waals surface area contributed by atoms with Crippen LogP contribution < -0.4 is 0 Å². The molecule has 3 heteroatoms. The maximum absolute atomic E-state index is 5.54. The van der Waals surface area contributed by atoms with Gasteiger partial charge in [-0.05, 0) is 19.3 Å². The van der Waals surface area contributed by atoms with Crippen molar-refractivity contribution in [3.05, 3.63) is 37.0 Å². The number of ether oxygens (including phenoxy) is 3. The summed E-state index contributed by atoms with van der Waals surface area (Å²) in [6.07, 6.45) is 13.8. The molecule has 0 aromatic carbocycles. The monoisotopic (exact) mass is 254 g/mol. The van der Waals surface area contributed by atoms with Crippen LogP contribution in [0.4, 0.5) is 0 Å². The molecule has 0 rings (SSSR count).